The molecule has 20 heavy (non-hydrogen) atoms. The average Bonchev–Trinajstić information content (AvgIpc) is 2.71. The van der Waals surface area contributed by atoms with Crippen molar-refractivity contribution in [3.63, 3.8) is 0 Å². The molecule has 0 saturated carbocycles. The van der Waals surface area contributed by atoms with Crippen LogP contribution in [0.25, 0.3) is 0 Å². The van der Waals surface area contributed by atoms with Gasteiger partial charge in [-0.15, -0.1) is 0 Å². The Bertz CT molecular complexity index is 443. The second kappa shape index (κ2) is 6.02. The molecule has 1 unspecified atom stereocenters. The fourth-order valence-electron chi connectivity index (χ4n) is 3.18. The number of nitrogens with zero attached hydrogens (tertiary/aromatic N) is 1. The number of aliphatic hydroxyl groups excluding tert-OH is 1. The third-order valence-electron chi connectivity index (χ3n) is 4.30. The SMILES string of the molecule is OCC1(CN2CCCOc3ccccc32)CCCOC1. The molecule has 2 aliphatic heterocycles. The number of ether oxygens (including phenoxy) is 2. The summed E-state index contributed by atoms with van der Waals surface area (Å²) in [4.78, 5) is 2.35. The Hall–Kier alpha value is -1.26. The van der Waals surface area contributed by atoms with E-state index in [0.717, 1.165) is 57.0 Å². The van der Waals surface area contributed by atoms with Crippen LogP contribution in [0.5, 0.6) is 5.75 Å². The van der Waals surface area contributed by atoms with Crippen molar-refractivity contribution in [1.29, 1.82) is 0 Å². The molecule has 4 heteroatoms. The lowest BCUT2D eigenvalue weighted by molar-refractivity contribution is -0.0336. The number of anilines is 1. The molecule has 1 aromatic carbocycles. The smallest absolute Gasteiger partial charge is 0.142 e. The van der Waals surface area contributed by atoms with Crippen LogP contribution in [0.3, 0.4) is 0 Å². The summed E-state index contributed by atoms with van der Waals surface area (Å²) in [5, 5.41) is 9.85. The van der Waals surface area contributed by atoms with Crippen molar-refractivity contribution in [2.45, 2.75) is 19.3 Å². The molecule has 0 amide bonds. The van der Waals surface area contributed by atoms with Crippen molar-refractivity contribution in [2.24, 2.45) is 5.41 Å². The van der Waals surface area contributed by atoms with Crippen molar-refractivity contribution in [1.82, 2.24) is 0 Å². The monoisotopic (exact) mass is 277 g/mol. The molecule has 1 aromatic rings. The van der Waals surface area contributed by atoms with Gasteiger partial charge in [0.15, 0.2) is 0 Å². The number of para-hydroxylation sites is 2. The second-order valence-electron chi connectivity index (χ2n) is 5.91. The van der Waals surface area contributed by atoms with Gasteiger partial charge in [0.2, 0.25) is 0 Å². The van der Waals surface area contributed by atoms with Gasteiger partial charge >= 0.3 is 0 Å². The molecule has 110 valence electrons. The van der Waals surface area contributed by atoms with Gasteiger partial charge in [-0.05, 0) is 31.4 Å². The third kappa shape index (κ3) is 2.76. The Morgan fingerprint density at radius 3 is 2.90 bits per heavy atom. The van der Waals surface area contributed by atoms with Gasteiger partial charge in [0.05, 0.1) is 25.5 Å². The molecule has 0 bridgehead atoms. The fraction of sp³-hybridized carbons (Fsp3) is 0.625. The van der Waals surface area contributed by atoms with Gasteiger partial charge in [0, 0.05) is 25.1 Å². The third-order valence-corrected chi connectivity index (χ3v) is 4.30. The molecule has 0 radical (unpaired) electrons. The maximum absolute atomic E-state index is 9.85. The maximum Gasteiger partial charge on any atom is 0.142 e. The first-order valence-electron chi connectivity index (χ1n) is 7.48. The Morgan fingerprint density at radius 2 is 2.10 bits per heavy atom. The number of rotatable bonds is 3. The highest BCUT2D eigenvalue weighted by atomic mass is 16.5. The predicted octanol–water partition coefficient (Wildman–Crippen LogP) is 2.06. The summed E-state index contributed by atoms with van der Waals surface area (Å²) >= 11 is 0. The Kier molecular flexibility index (Phi) is 4.13. The minimum absolute atomic E-state index is 0.129. The lowest BCUT2D eigenvalue weighted by Gasteiger charge is -2.40. The van der Waals surface area contributed by atoms with Crippen molar-refractivity contribution >= 4 is 5.69 Å². The van der Waals surface area contributed by atoms with Crippen LogP contribution < -0.4 is 9.64 Å². The summed E-state index contributed by atoms with van der Waals surface area (Å²) in [6.45, 7) is 4.23. The zero-order valence-electron chi connectivity index (χ0n) is 11.9. The Morgan fingerprint density at radius 1 is 1.20 bits per heavy atom. The first-order valence-corrected chi connectivity index (χ1v) is 7.48. The highest BCUT2D eigenvalue weighted by molar-refractivity contribution is 5.59. The molecular formula is C16H23NO3. The van der Waals surface area contributed by atoms with Crippen LogP contribution in [0, 0.1) is 5.41 Å². The molecule has 2 heterocycles. The van der Waals surface area contributed by atoms with Crippen molar-refractivity contribution in [3.05, 3.63) is 24.3 Å². The van der Waals surface area contributed by atoms with Crippen LogP contribution in [0.1, 0.15) is 19.3 Å². The summed E-state index contributed by atoms with van der Waals surface area (Å²) in [6.07, 6.45) is 3.08. The van der Waals surface area contributed by atoms with Crippen LogP contribution in [0.4, 0.5) is 5.69 Å². The van der Waals surface area contributed by atoms with Crippen molar-refractivity contribution in [3.8, 4) is 5.75 Å². The highest BCUT2D eigenvalue weighted by Crippen LogP contribution is 2.35. The van der Waals surface area contributed by atoms with Crippen LogP contribution >= 0.6 is 0 Å². The quantitative estimate of drug-likeness (QED) is 0.918. The molecule has 0 spiro atoms. The van der Waals surface area contributed by atoms with E-state index >= 15 is 0 Å². The van der Waals surface area contributed by atoms with E-state index in [1.54, 1.807) is 0 Å². The van der Waals surface area contributed by atoms with Gasteiger partial charge in [0.1, 0.15) is 5.75 Å². The summed E-state index contributed by atoms with van der Waals surface area (Å²) in [5.41, 5.74) is 1.01. The normalized spacial score (nSPS) is 26.6. The molecule has 1 fully saturated rings. The summed E-state index contributed by atoms with van der Waals surface area (Å²) in [7, 11) is 0. The minimum Gasteiger partial charge on any atom is -0.491 e. The molecule has 0 aromatic heterocycles. The molecular weight excluding hydrogens is 254 g/mol. The molecule has 2 aliphatic rings. The van der Waals surface area contributed by atoms with Crippen molar-refractivity contribution in [2.75, 3.05) is 44.4 Å². The molecule has 1 N–H and O–H groups in total. The van der Waals surface area contributed by atoms with Crippen LogP contribution in [-0.2, 0) is 4.74 Å². The first kappa shape index (κ1) is 13.7. The Labute approximate surface area is 120 Å². The lowest BCUT2D eigenvalue weighted by Crippen LogP contribution is -2.46. The molecule has 0 aliphatic carbocycles. The van der Waals surface area contributed by atoms with E-state index in [1.165, 1.54) is 0 Å². The fourth-order valence-corrected chi connectivity index (χ4v) is 3.18. The largest absolute Gasteiger partial charge is 0.491 e. The number of fused-ring (bicyclic) bond motifs is 1. The number of benzene rings is 1. The van der Waals surface area contributed by atoms with Crippen LogP contribution in [0.15, 0.2) is 24.3 Å². The summed E-state index contributed by atoms with van der Waals surface area (Å²) in [6, 6.07) is 8.18. The van der Waals surface area contributed by atoms with E-state index < -0.39 is 0 Å². The van der Waals surface area contributed by atoms with Gasteiger partial charge in [-0.3, -0.25) is 0 Å². The standard InChI is InChI=1S/C16H23NO3/c18-12-16(7-3-9-19-13-16)11-17-8-4-10-20-15-6-2-1-5-14(15)17/h1-2,5-6,18H,3-4,7-13H2. The summed E-state index contributed by atoms with van der Waals surface area (Å²) in [5.74, 6) is 0.954. The first-order chi connectivity index (χ1) is 9.83. The van der Waals surface area contributed by atoms with Gasteiger partial charge in [-0.1, -0.05) is 12.1 Å². The minimum atomic E-state index is -0.129. The van der Waals surface area contributed by atoms with E-state index in [1.807, 2.05) is 18.2 Å². The van der Waals surface area contributed by atoms with Gasteiger partial charge < -0.3 is 19.5 Å². The molecule has 4 nitrogen and oxygen atoms in total. The lowest BCUT2D eigenvalue weighted by atomic mass is 9.82. The molecule has 3 rings (SSSR count). The number of aliphatic hydroxyl groups is 1. The topological polar surface area (TPSA) is 41.9 Å². The van der Waals surface area contributed by atoms with Crippen LogP contribution in [-0.4, -0.2) is 44.6 Å². The molecule has 1 saturated heterocycles. The highest BCUT2D eigenvalue weighted by Gasteiger charge is 2.35. The average molecular weight is 277 g/mol. The van der Waals surface area contributed by atoms with E-state index in [9.17, 15) is 5.11 Å². The van der Waals surface area contributed by atoms with E-state index in [-0.39, 0.29) is 12.0 Å². The van der Waals surface area contributed by atoms with Gasteiger partial charge in [0.25, 0.3) is 0 Å². The second-order valence-corrected chi connectivity index (χ2v) is 5.91. The van der Waals surface area contributed by atoms with E-state index in [2.05, 4.69) is 11.0 Å². The zero-order chi connectivity index (χ0) is 13.8. The van der Waals surface area contributed by atoms with Crippen molar-refractivity contribution < 1.29 is 14.6 Å². The zero-order valence-corrected chi connectivity index (χ0v) is 11.9. The Balaban J connectivity index is 1.82. The van der Waals surface area contributed by atoms with E-state index in [0.29, 0.717) is 6.61 Å². The predicted molar refractivity (Wildman–Crippen MR) is 78.3 cm³/mol. The maximum atomic E-state index is 9.85. The van der Waals surface area contributed by atoms with E-state index in [4.69, 9.17) is 9.47 Å². The van der Waals surface area contributed by atoms with Gasteiger partial charge in [-0.2, -0.15) is 0 Å². The summed E-state index contributed by atoms with van der Waals surface area (Å²) < 4.78 is 11.4. The number of hydrogen-bond acceptors (Lipinski definition) is 4. The molecule has 1 atom stereocenters. The number of hydrogen-bond donors (Lipinski definition) is 1. The van der Waals surface area contributed by atoms with Crippen LogP contribution in [0.2, 0.25) is 0 Å². The van der Waals surface area contributed by atoms with Gasteiger partial charge in [-0.25, -0.2) is 0 Å².